The molecule has 0 radical (unpaired) electrons. The first-order valence-electron chi connectivity index (χ1n) is 5.37. The number of benzene rings is 1. The third kappa shape index (κ3) is 2.60. The fourth-order valence-corrected chi connectivity index (χ4v) is 1.82. The number of carbonyl (C=O) groups excluding carboxylic acids is 1. The minimum atomic E-state index is -0.291. The highest BCUT2D eigenvalue weighted by Crippen LogP contribution is 2.18. The molecule has 0 aliphatic heterocycles. The zero-order valence-corrected chi connectivity index (χ0v) is 10.5. The summed E-state index contributed by atoms with van der Waals surface area (Å²) in [7, 11) is 0. The van der Waals surface area contributed by atoms with E-state index in [-0.39, 0.29) is 5.91 Å². The molecule has 0 unspecified atom stereocenters. The summed E-state index contributed by atoms with van der Waals surface area (Å²) in [5.41, 5.74) is 7.51. The molecular weight excluding hydrogens is 250 g/mol. The maximum atomic E-state index is 12.1. The lowest BCUT2D eigenvalue weighted by atomic mass is 10.1. The Balaban J connectivity index is 2.28. The summed E-state index contributed by atoms with van der Waals surface area (Å²) >= 11 is 5.75. The number of rotatable bonds is 2. The standard InChI is InChI=1S/C13H12ClN3O/c1-8-4-2-5-9(15)12(8)13(18)17-11-7-3-6-10(14)16-11/h2-7H,15H2,1H3,(H,16,17,18). The van der Waals surface area contributed by atoms with Crippen molar-refractivity contribution in [3.63, 3.8) is 0 Å². The SMILES string of the molecule is Cc1cccc(N)c1C(=O)Nc1cccc(Cl)n1. The molecule has 0 bridgehead atoms. The van der Waals surface area contributed by atoms with Crippen LogP contribution in [0.15, 0.2) is 36.4 Å². The van der Waals surface area contributed by atoms with Gasteiger partial charge < -0.3 is 11.1 Å². The Kier molecular flexibility index (Phi) is 3.48. The van der Waals surface area contributed by atoms with E-state index in [1.165, 1.54) is 0 Å². The van der Waals surface area contributed by atoms with Gasteiger partial charge in [0.2, 0.25) is 0 Å². The van der Waals surface area contributed by atoms with Gasteiger partial charge in [0.25, 0.3) is 5.91 Å². The summed E-state index contributed by atoms with van der Waals surface area (Å²) in [6.07, 6.45) is 0. The molecule has 1 aromatic heterocycles. The normalized spacial score (nSPS) is 10.1. The molecule has 0 spiro atoms. The molecule has 4 nitrogen and oxygen atoms in total. The molecule has 3 N–H and O–H groups in total. The van der Waals surface area contributed by atoms with E-state index in [1.807, 2.05) is 13.0 Å². The van der Waals surface area contributed by atoms with E-state index in [0.29, 0.717) is 22.2 Å². The van der Waals surface area contributed by atoms with Gasteiger partial charge in [-0.15, -0.1) is 0 Å². The Morgan fingerprint density at radius 2 is 2.00 bits per heavy atom. The molecule has 18 heavy (non-hydrogen) atoms. The summed E-state index contributed by atoms with van der Waals surface area (Å²) in [6, 6.07) is 10.3. The first-order valence-corrected chi connectivity index (χ1v) is 5.74. The highest BCUT2D eigenvalue weighted by Gasteiger charge is 2.13. The Hall–Kier alpha value is -2.07. The van der Waals surface area contributed by atoms with Crippen LogP contribution in [0, 0.1) is 6.92 Å². The van der Waals surface area contributed by atoms with E-state index in [0.717, 1.165) is 5.56 Å². The van der Waals surface area contributed by atoms with Crippen LogP contribution < -0.4 is 11.1 Å². The number of nitrogen functional groups attached to an aromatic ring is 1. The molecule has 2 rings (SSSR count). The molecule has 2 aromatic rings. The largest absolute Gasteiger partial charge is 0.398 e. The predicted octanol–water partition coefficient (Wildman–Crippen LogP) is 2.88. The van der Waals surface area contributed by atoms with Crippen LogP contribution in [0.3, 0.4) is 0 Å². The Morgan fingerprint density at radius 1 is 1.28 bits per heavy atom. The number of pyridine rings is 1. The average molecular weight is 262 g/mol. The minimum Gasteiger partial charge on any atom is -0.398 e. The molecule has 0 fully saturated rings. The molecule has 1 amide bonds. The molecule has 0 aliphatic rings. The first-order chi connectivity index (χ1) is 8.58. The van der Waals surface area contributed by atoms with E-state index in [9.17, 15) is 4.79 Å². The Labute approximate surface area is 110 Å². The number of amides is 1. The van der Waals surface area contributed by atoms with Crippen molar-refractivity contribution in [1.82, 2.24) is 4.98 Å². The third-order valence-electron chi connectivity index (χ3n) is 2.49. The number of nitrogens with zero attached hydrogens (tertiary/aromatic N) is 1. The van der Waals surface area contributed by atoms with Gasteiger partial charge in [-0.2, -0.15) is 0 Å². The zero-order valence-electron chi connectivity index (χ0n) is 9.77. The number of nitrogens with one attached hydrogen (secondary N) is 1. The molecule has 0 aliphatic carbocycles. The lowest BCUT2D eigenvalue weighted by Gasteiger charge is -2.09. The van der Waals surface area contributed by atoms with Gasteiger partial charge in [0.15, 0.2) is 0 Å². The second kappa shape index (κ2) is 5.06. The second-order valence-corrected chi connectivity index (χ2v) is 4.23. The van der Waals surface area contributed by atoms with Crippen molar-refractivity contribution in [2.45, 2.75) is 6.92 Å². The van der Waals surface area contributed by atoms with Gasteiger partial charge in [0.1, 0.15) is 11.0 Å². The van der Waals surface area contributed by atoms with Gasteiger partial charge in [-0.3, -0.25) is 4.79 Å². The highest BCUT2D eigenvalue weighted by molar-refractivity contribution is 6.29. The van der Waals surface area contributed by atoms with Crippen LogP contribution >= 0.6 is 11.6 Å². The molecule has 0 atom stereocenters. The van der Waals surface area contributed by atoms with Crippen LogP contribution in [-0.4, -0.2) is 10.9 Å². The van der Waals surface area contributed by atoms with Gasteiger partial charge in [0.05, 0.1) is 5.56 Å². The van der Waals surface area contributed by atoms with Crippen LogP contribution in [0.4, 0.5) is 11.5 Å². The topological polar surface area (TPSA) is 68.0 Å². The van der Waals surface area contributed by atoms with Gasteiger partial charge in [0, 0.05) is 5.69 Å². The van der Waals surface area contributed by atoms with Crippen molar-refractivity contribution in [2.24, 2.45) is 0 Å². The number of hydrogen-bond donors (Lipinski definition) is 2. The zero-order chi connectivity index (χ0) is 13.1. The van der Waals surface area contributed by atoms with Crippen LogP contribution in [0.2, 0.25) is 5.15 Å². The van der Waals surface area contributed by atoms with Crippen molar-refractivity contribution in [2.75, 3.05) is 11.1 Å². The quantitative estimate of drug-likeness (QED) is 0.645. The van der Waals surface area contributed by atoms with Crippen molar-refractivity contribution < 1.29 is 4.79 Å². The van der Waals surface area contributed by atoms with Gasteiger partial charge in [-0.05, 0) is 30.7 Å². The minimum absolute atomic E-state index is 0.291. The van der Waals surface area contributed by atoms with Crippen molar-refractivity contribution in [1.29, 1.82) is 0 Å². The Morgan fingerprint density at radius 3 is 2.67 bits per heavy atom. The van der Waals surface area contributed by atoms with Crippen LogP contribution in [0.1, 0.15) is 15.9 Å². The number of aromatic nitrogens is 1. The summed E-state index contributed by atoms with van der Waals surface area (Å²) in [6.45, 7) is 1.83. The van der Waals surface area contributed by atoms with Crippen molar-refractivity contribution in [3.8, 4) is 0 Å². The molecule has 5 heteroatoms. The third-order valence-corrected chi connectivity index (χ3v) is 2.70. The summed E-state index contributed by atoms with van der Waals surface area (Å²) in [5, 5.41) is 2.99. The van der Waals surface area contributed by atoms with Crippen molar-refractivity contribution >= 4 is 29.0 Å². The van der Waals surface area contributed by atoms with E-state index >= 15 is 0 Å². The molecule has 0 saturated heterocycles. The van der Waals surface area contributed by atoms with E-state index in [4.69, 9.17) is 17.3 Å². The number of aryl methyl sites for hydroxylation is 1. The van der Waals surface area contributed by atoms with E-state index < -0.39 is 0 Å². The van der Waals surface area contributed by atoms with Gasteiger partial charge in [-0.25, -0.2) is 4.98 Å². The second-order valence-electron chi connectivity index (χ2n) is 3.84. The Bertz CT molecular complexity index is 578. The summed E-state index contributed by atoms with van der Waals surface area (Å²) < 4.78 is 0. The molecule has 0 saturated carbocycles. The molecular formula is C13H12ClN3O. The predicted molar refractivity (Wildman–Crippen MR) is 72.8 cm³/mol. The highest BCUT2D eigenvalue weighted by atomic mass is 35.5. The summed E-state index contributed by atoms with van der Waals surface area (Å²) in [5.74, 6) is 0.107. The van der Waals surface area contributed by atoms with E-state index in [2.05, 4.69) is 10.3 Å². The molecule has 1 aromatic carbocycles. The van der Waals surface area contributed by atoms with Crippen LogP contribution in [-0.2, 0) is 0 Å². The lowest BCUT2D eigenvalue weighted by molar-refractivity contribution is 0.102. The maximum absolute atomic E-state index is 12.1. The number of halogens is 1. The van der Waals surface area contributed by atoms with Crippen molar-refractivity contribution in [3.05, 3.63) is 52.7 Å². The number of anilines is 2. The molecule has 92 valence electrons. The average Bonchev–Trinajstić information content (AvgIpc) is 2.28. The maximum Gasteiger partial charge on any atom is 0.259 e. The fourth-order valence-electron chi connectivity index (χ4n) is 1.66. The first kappa shape index (κ1) is 12.4. The van der Waals surface area contributed by atoms with Gasteiger partial charge >= 0.3 is 0 Å². The molecule has 1 heterocycles. The fraction of sp³-hybridized carbons (Fsp3) is 0.0769. The van der Waals surface area contributed by atoms with Crippen LogP contribution in [0.25, 0.3) is 0 Å². The summed E-state index contributed by atoms with van der Waals surface area (Å²) in [4.78, 5) is 16.1. The van der Waals surface area contributed by atoms with Crippen LogP contribution in [0.5, 0.6) is 0 Å². The number of hydrogen-bond acceptors (Lipinski definition) is 3. The lowest BCUT2D eigenvalue weighted by Crippen LogP contribution is -2.16. The van der Waals surface area contributed by atoms with Gasteiger partial charge in [-0.1, -0.05) is 29.8 Å². The van der Waals surface area contributed by atoms with E-state index in [1.54, 1.807) is 30.3 Å². The number of nitrogens with two attached hydrogens (primary N) is 1. The smallest absolute Gasteiger partial charge is 0.259 e. The monoisotopic (exact) mass is 261 g/mol. The number of carbonyl (C=O) groups is 1.